The quantitative estimate of drug-likeness (QED) is 0.290. The van der Waals surface area contributed by atoms with Crippen LogP contribution in [0.2, 0.25) is 5.02 Å². The summed E-state index contributed by atoms with van der Waals surface area (Å²) in [4.78, 5) is 29.4. The molecule has 9 heteroatoms. The van der Waals surface area contributed by atoms with Crippen LogP contribution in [0.5, 0.6) is 0 Å². The molecule has 0 heterocycles. The van der Waals surface area contributed by atoms with Gasteiger partial charge in [0.15, 0.2) is 0 Å². The maximum Gasteiger partial charge on any atom is 0.264 e. The first-order valence-electron chi connectivity index (χ1n) is 14.2. The number of carbonyl (C=O) groups excluding carboxylic acids is 2. The molecule has 1 N–H and O–H groups in total. The Morgan fingerprint density at radius 3 is 2.27 bits per heavy atom. The fourth-order valence-electron chi connectivity index (χ4n) is 5.33. The molecular weight excluding hydrogens is 558 g/mol. The number of anilines is 1. The van der Waals surface area contributed by atoms with Crippen molar-refractivity contribution in [1.82, 2.24) is 10.2 Å². The number of benzene rings is 3. The lowest BCUT2D eigenvalue weighted by molar-refractivity contribution is -0.140. The number of aryl methyl sites for hydroxylation is 1. The van der Waals surface area contributed by atoms with Gasteiger partial charge in [0.1, 0.15) is 12.6 Å². The second-order valence-electron chi connectivity index (χ2n) is 10.6. The van der Waals surface area contributed by atoms with Crippen molar-refractivity contribution in [2.24, 2.45) is 0 Å². The molecule has 1 aliphatic carbocycles. The van der Waals surface area contributed by atoms with Gasteiger partial charge in [-0.2, -0.15) is 0 Å². The topological polar surface area (TPSA) is 86.8 Å². The fourth-order valence-corrected chi connectivity index (χ4v) is 6.89. The van der Waals surface area contributed by atoms with Gasteiger partial charge in [0.05, 0.1) is 10.6 Å². The van der Waals surface area contributed by atoms with Crippen molar-refractivity contribution in [2.75, 3.05) is 10.8 Å². The van der Waals surface area contributed by atoms with Crippen molar-refractivity contribution in [2.45, 2.75) is 75.9 Å². The molecule has 41 heavy (non-hydrogen) atoms. The van der Waals surface area contributed by atoms with E-state index in [0.717, 1.165) is 47.5 Å². The normalized spacial score (nSPS) is 14.7. The summed E-state index contributed by atoms with van der Waals surface area (Å²) in [5.74, 6) is -0.670. The summed E-state index contributed by atoms with van der Waals surface area (Å²) < 4.78 is 28.8. The highest BCUT2D eigenvalue weighted by molar-refractivity contribution is 7.92. The molecule has 1 aliphatic rings. The van der Waals surface area contributed by atoms with E-state index in [-0.39, 0.29) is 23.4 Å². The van der Waals surface area contributed by atoms with Crippen LogP contribution in [-0.4, -0.2) is 43.8 Å². The molecule has 7 nitrogen and oxygen atoms in total. The molecule has 0 radical (unpaired) electrons. The number of carbonyl (C=O) groups is 2. The van der Waals surface area contributed by atoms with E-state index in [2.05, 4.69) is 5.32 Å². The van der Waals surface area contributed by atoms with E-state index in [1.165, 1.54) is 17.0 Å². The van der Waals surface area contributed by atoms with E-state index in [4.69, 9.17) is 11.6 Å². The van der Waals surface area contributed by atoms with E-state index >= 15 is 0 Å². The zero-order valence-electron chi connectivity index (χ0n) is 23.6. The van der Waals surface area contributed by atoms with Crippen LogP contribution in [0.25, 0.3) is 0 Å². The monoisotopic (exact) mass is 595 g/mol. The van der Waals surface area contributed by atoms with Crippen LogP contribution in [-0.2, 0) is 26.2 Å². The summed E-state index contributed by atoms with van der Waals surface area (Å²) in [5.41, 5.74) is 2.21. The average Bonchev–Trinajstić information content (AvgIpc) is 2.97. The van der Waals surface area contributed by atoms with Crippen molar-refractivity contribution < 1.29 is 18.0 Å². The fraction of sp³-hybridized carbons (Fsp3) is 0.375. The summed E-state index contributed by atoms with van der Waals surface area (Å²) in [5, 5.41) is 3.62. The SMILES string of the molecule is CC[C@@H](C(=O)NC1CCCCC1)N(Cc1cccc(C)c1)C(=O)CN(c1ccc(Cl)cc1)S(=O)(=O)c1ccccc1. The van der Waals surface area contributed by atoms with Crippen molar-refractivity contribution in [3.63, 3.8) is 0 Å². The molecule has 1 saturated carbocycles. The van der Waals surface area contributed by atoms with Crippen molar-refractivity contribution in [3.8, 4) is 0 Å². The van der Waals surface area contributed by atoms with Crippen LogP contribution in [0, 0.1) is 6.92 Å². The maximum absolute atomic E-state index is 14.2. The van der Waals surface area contributed by atoms with E-state index in [9.17, 15) is 18.0 Å². The standard InChI is InChI=1S/C32H38ClN3O4S/c1-3-30(32(38)34-27-13-6-4-7-14-27)35(22-25-12-10-11-24(2)21-25)31(37)23-36(28-19-17-26(33)18-20-28)41(39,40)29-15-8-5-9-16-29/h5,8-12,15-21,27,30H,3-4,6-7,13-14,22-23H2,1-2H3,(H,34,38)/t30-/m0/s1. The number of amides is 2. The van der Waals surface area contributed by atoms with Crippen LogP contribution in [0.3, 0.4) is 0 Å². The Bertz CT molecular complexity index is 1420. The Morgan fingerprint density at radius 2 is 1.63 bits per heavy atom. The number of rotatable bonds is 11. The zero-order chi connectivity index (χ0) is 29.4. The summed E-state index contributed by atoms with van der Waals surface area (Å²) >= 11 is 6.09. The summed E-state index contributed by atoms with van der Waals surface area (Å²) in [6, 6.07) is 21.5. The van der Waals surface area contributed by atoms with Gasteiger partial charge in [-0.05, 0) is 68.1 Å². The minimum atomic E-state index is -4.11. The highest BCUT2D eigenvalue weighted by atomic mass is 35.5. The van der Waals surface area contributed by atoms with Gasteiger partial charge in [-0.1, -0.05) is 85.8 Å². The number of sulfonamides is 1. The van der Waals surface area contributed by atoms with Gasteiger partial charge in [-0.15, -0.1) is 0 Å². The van der Waals surface area contributed by atoms with Gasteiger partial charge >= 0.3 is 0 Å². The molecule has 0 aromatic heterocycles. The summed E-state index contributed by atoms with van der Waals surface area (Å²) in [6.07, 6.45) is 5.55. The van der Waals surface area contributed by atoms with E-state index in [1.807, 2.05) is 38.1 Å². The minimum absolute atomic E-state index is 0.0649. The number of nitrogens with zero attached hydrogens (tertiary/aromatic N) is 2. The van der Waals surface area contributed by atoms with Crippen molar-refractivity contribution in [1.29, 1.82) is 0 Å². The van der Waals surface area contributed by atoms with Gasteiger partial charge in [-0.3, -0.25) is 13.9 Å². The summed E-state index contributed by atoms with van der Waals surface area (Å²) in [6.45, 7) is 3.55. The first-order valence-corrected chi connectivity index (χ1v) is 16.0. The molecule has 3 aromatic rings. The third-order valence-corrected chi connectivity index (χ3v) is 9.54. The molecule has 3 aromatic carbocycles. The average molecular weight is 596 g/mol. The van der Waals surface area contributed by atoms with Crippen molar-refractivity contribution >= 4 is 39.1 Å². The lowest BCUT2D eigenvalue weighted by atomic mass is 9.95. The first-order chi connectivity index (χ1) is 19.7. The molecule has 0 bridgehead atoms. The van der Waals surface area contributed by atoms with Crippen LogP contribution in [0.15, 0.2) is 83.8 Å². The van der Waals surface area contributed by atoms with E-state index < -0.39 is 28.5 Å². The van der Waals surface area contributed by atoms with E-state index in [1.54, 1.807) is 42.5 Å². The zero-order valence-corrected chi connectivity index (χ0v) is 25.2. The molecule has 1 atom stereocenters. The Hall–Kier alpha value is -3.36. The highest BCUT2D eigenvalue weighted by Gasteiger charge is 2.34. The lowest BCUT2D eigenvalue weighted by Gasteiger charge is -2.34. The second kappa shape index (κ2) is 14.0. The van der Waals surface area contributed by atoms with Gasteiger partial charge in [0.25, 0.3) is 10.0 Å². The van der Waals surface area contributed by atoms with Gasteiger partial charge in [0, 0.05) is 17.6 Å². The van der Waals surface area contributed by atoms with Gasteiger partial charge < -0.3 is 10.2 Å². The minimum Gasteiger partial charge on any atom is -0.352 e. The number of hydrogen-bond acceptors (Lipinski definition) is 4. The molecule has 0 aliphatic heterocycles. The van der Waals surface area contributed by atoms with Gasteiger partial charge in [0.2, 0.25) is 11.8 Å². The molecule has 218 valence electrons. The van der Waals surface area contributed by atoms with Crippen LogP contribution >= 0.6 is 11.6 Å². The third-order valence-electron chi connectivity index (χ3n) is 7.50. The second-order valence-corrected chi connectivity index (χ2v) is 12.9. The van der Waals surface area contributed by atoms with Crippen LogP contribution in [0.4, 0.5) is 5.69 Å². The van der Waals surface area contributed by atoms with Crippen LogP contribution in [0.1, 0.15) is 56.6 Å². The number of hydrogen-bond donors (Lipinski definition) is 1. The van der Waals surface area contributed by atoms with Gasteiger partial charge in [-0.25, -0.2) is 8.42 Å². The molecule has 0 saturated heterocycles. The Kier molecular flexibility index (Phi) is 10.5. The number of halogens is 1. The predicted molar refractivity (Wildman–Crippen MR) is 163 cm³/mol. The highest BCUT2D eigenvalue weighted by Crippen LogP contribution is 2.26. The smallest absolute Gasteiger partial charge is 0.264 e. The van der Waals surface area contributed by atoms with E-state index in [0.29, 0.717) is 17.1 Å². The Labute approximate surface area is 248 Å². The Morgan fingerprint density at radius 1 is 0.951 bits per heavy atom. The van der Waals surface area contributed by atoms with Crippen molar-refractivity contribution in [3.05, 3.63) is 95.0 Å². The predicted octanol–water partition coefficient (Wildman–Crippen LogP) is 6.10. The molecule has 0 unspecified atom stereocenters. The molecule has 2 amide bonds. The first kappa shape index (κ1) is 30.6. The molecule has 0 spiro atoms. The number of nitrogens with one attached hydrogen (secondary N) is 1. The molecular formula is C32H38ClN3O4S. The molecule has 4 rings (SSSR count). The third kappa shape index (κ3) is 7.89. The maximum atomic E-state index is 14.2. The lowest BCUT2D eigenvalue weighted by Crippen LogP contribution is -2.54. The molecule has 1 fully saturated rings. The largest absolute Gasteiger partial charge is 0.352 e. The Balaban J connectivity index is 1.69. The summed E-state index contributed by atoms with van der Waals surface area (Å²) in [7, 11) is -4.11. The van der Waals surface area contributed by atoms with Crippen LogP contribution < -0.4 is 9.62 Å².